The van der Waals surface area contributed by atoms with Gasteiger partial charge in [0.05, 0.1) is 12.6 Å². The number of esters is 1. The molecule has 0 aliphatic carbocycles. The van der Waals surface area contributed by atoms with E-state index in [2.05, 4.69) is 9.47 Å². The molecule has 4 nitrogen and oxygen atoms in total. The molecule has 0 aromatic rings. The SMILES string of the molecule is CCOC(=O)/C=C(\[O-])OCC.[Tl+]. The molecule has 66 valence electrons. The zero-order chi connectivity index (χ0) is 8.69. The molecule has 0 bridgehead atoms. The molecule has 0 aliphatic heterocycles. The second kappa shape index (κ2) is 8.83. The predicted molar refractivity (Wildman–Crippen MR) is 42.1 cm³/mol. The molecule has 0 radical (unpaired) electrons. The average Bonchev–Trinajstić information content (AvgIpc) is 1.87. The standard InChI is InChI=1S/C7H12O4.Tl/c1-3-10-6(8)5-7(9)11-4-2;/h5,8H,3-4H2,1-2H3;/q;+1/p-1/b6-5+;. The molecule has 0 aromatic heterocycles. The van der Waals surface area contributed by atoms with E-state index in [4.69, 9.17) is 0 Å². The normalized spacial score (nSPS) is 10.0. The minimum atomic E-state index is -0.661. The van der Waals surface area contributed by atoms with Crippen molar-refractivity contribution < 1.29 is 19.4 Å². The van der Waals surface area contributed by atoms with Gasteiger partial charge in [-0.15, -0.1) is 0 Å². The molecule has 0 atom stereocenters. The van der Waals surface area contributed by atoms with E-state index < -0.39 is 11.9 Å². The molecule has 0 saturated heterocycles. The van der Waals surface area contributed by atoms with E-state index in [9.17, 15) is 9.90 Å². The number of carbonyl (C=O) groups is 1. The van der Waals surface area contributed by atoms with Gasteiger partial charge >= 0.3 is 33.3 Å². The zero-order valence-corrected chi connectivity index (χ0v) is 11.7. The van der Waals surface area contributed by atoms with Gasteiger partial charge in [-0.1, -0.05) is 6.92 Å². The van der Waals surface area contributed by atoms with Crippen molar-refractivity contribution in [3.63, 3.8) is 0 Å². The average molecular weight is 364 g/mol. The van der Waals surface area contributed by atoms with E-state index in [0.29, 0.717) is 0 Å². The Morgan fingerprint density at radius 3 is 2.25 bits per heavy atom. The molecular formula is C7H11O4Tl. The third-order valence-electron chi connectivity index (χ3n) is 0.809. The topological polar surface area (TPSA) is 58.6 Å². The van der Waals surface area contributed by atoms with Crippen LogP contribution in [0.5, 0.6) is 0 Å². The second-order valence-electron chi connectivity index (χ2n) is 1.65. The molecule has 12 heavy (non-hydrogen) atoms. The summed E-state index contributed by atoms with van der Waals surface area (Å²) in [4.78, 5) is 10.5. The van der Waals surface area contributed by atoms with Crippen LogP contribution in [0.25, 0.3) is 0 Å². The predicted octanol–water partition coefficient (Wildman–Crippen LogP) is -0.593. The fourth-order valence-corrected chi connectivity index (χ4v) is 0.464. The summed E-state index contributed by atoms with van der Waals surface area (Å²) in [6.45, 7) is 3.84. The van der Waals surface area contributed by atoms with Crippen LogP contribution >= 0.6 is 0 Å². The first kappa shape index (κ1) is 14.3. The van der Waals surface area contributed by atoms with Crippen molar-refractivity contribution in [1.29, 1.82) is 0 Å². The second-order valence-corrected chi connectivity index (χ2v) is 1.65. The van der Waals surface area contributed by atoms with Gasteiger partial charge in [-0.05, 0) is 13.5 Å². The van der Waals surface area contributed by atoms with Gasteiger partial charge in [-0.2, -0.15) is 0 Å². The number of hydrogen-bond acceptors (Lipinski definition) is 4. The minimum absolute atomic E-state index is 0. The molecule has 0 N–H and O–H groups in total. The van der Waals surface area contributed by atoms with Crippen LogP contribution in [-0.2, 0) is 14.3 Å². The summed E-state index contributed by atoms with van der Waals surface area (Å²) in [5.41, 5.74) is 0. The Kier molecular flexibility index (Phi) is 10.5. The summed E-state index contributed by atoms with van der Waals surface area (Å²) in [6.07, 6.45) is 0.785. The number of carbonyl (C=O) groups excluding carboxylic acids is 1. The van der Waals surface area contributed by atoms with Crippen LogP contribution in [0.4, 0.5) is 0 Å². The fourth-order valence-electron chi connectivity index (χ4n) is 0.464. The first-order valence-electron chi connectivity index (χ1n) is 3.39. The van der Waals surface area contributed by atoms with E-state index in [1.807, 2.05) is 0 Å². The van der Waals surface area contributed by atoms with Crippen LogP contribution in [0.2, 0.25) is 0 Å². The summed E-state index contributed by atoms with van der Waals surface area (Å²) in [5.74, 6) is -1.32. The van der Waals surface area contributed by atoms with Crippen LogP contribution in [0.3, 0.4) is 0 Å². The third kappa shape index (κ3) is 7.83. The van der Waals surface area contributed by atoms with Crippen molar-refractivity contribution in [3.05, 3.63) is 12.0 Å². The van der Waals surface area contributed by atoms with Gasteiger partial charge < -0.3 is 14.6 Å². The molecule has 0 heterocycles. The fraction of sp³-hybridized carbons (Fsp3) is 0.571. The van der Waals surface area contributed by atoms with Crippen LogP contribution in [0.15, 0.2) is 12.0 Å². The van der Waals surface area contributed by atoms with Crippen LogP contribution in [0, 0.1) is 0 Å². The van der Waals surface area contributed by atoms with E-state index in [1.54, 1.807) is 13.8 Å². The van der Waals surface area contributed by atoms with Crippen molar-refractivity contribution >= 4 is 33.3 Å². The quantitative estimate of drug-likeness (QED) is 0.290. The first-order valence-corrected chi connectivity index (χ1v) is 3.39. The smallest absolute Gasteiger partial charge is 0.613 e. The Bertz CT molecular complexity index is 155. The van der Waals surface area contributed by atoms with Gasteiger partial charge in [-0.3, -0.25) is 0 Å². The van der Waals surface area contributed by atoms with E-state index in [1.165, 1.54) is 0 Å². The third-order valence-corrected chi connectivity index (χ3v) is 0.809. The Morgan fingerprint density at radius 1 is 1.33 bits per heavy atom. The Balaban J connectivity index is 0. The van der Waals surface area contributed by atoms with Gasteiger partial charge in [0.2, 0.25) is 0 Å². The van der Waals surface area contributed by atoms with Gasteiger partial charge in [0.15, 0.2) is 0 Å². The van der Waals surface area contributed by atoms with Crippen molar-refractivity contribution in [2.24, 2.45) is 0 Å². The van der Waals surface area contributed by atoms with Crippen molar-refractivity contribution in [2.45, 2.75) is 13.8 Å². The molecule has 0 rings (SSSR count). The largest absolute Gasteiger partial charge is 1.00 e. The summed E-state index contributed by atoms with van der Waals surface area (Å²) in [6, 6.07) is 0. The molecule has 0 unspecified atom stereocenters. The monoisotopic (exact) mass is 364 g/mol. The maximum atomic E-state index is 10.5. The van der Waals surface area contributed by atoms with Crippen molar-refractivity contribution in [3.8, 4) is 0 Å². The molecular weight excluding hydrogens is 352 g/mol. The zero-order valence-electron chi connectivity index (χ0n) is 7.20. The molecule has 0 aromatic carbocycles. The number of ether oxygens (including phenoxy) is 2. The molecule has 0 spiro atoms. The molecule has 0 amide bonds. The Labute approximate surface area is 91.7 Å². The molecule has 0 fully saturated rings. The molecule has 0 aliphatic rings. The summed E-state index contributed by atoms with van der Waals surface area (Å²) >= 11 is 0. The van der Waals surface area contributed by atoms with E-state index >= 15 is 0 Å². The van der Waals surface area contributed by atoms with Gasteiger partial charge in [0, 0.05) is 6.08 Å². The van der Waals surface area contributed by atoms with Crippen LogP contribution in [-0.4, -0.2) is 46.5 Å². The van der Waals surface area contributed by atoms with Crippen molar-refractivity contribution in [1.82, 2.24) is 0 Å². The van der Waals surface area contributed by atoms with Crippen molar-refractivity contribution in [2.75, 3.05) is 13.2 Å². The minimum Gasteiger partial charge on any atom is -0.613 e. The maximum absolute atomic E-state index is 10.5. The van der Waals surface area contributed by atoms with E-state index in [0.717, 1.165) is 6.08 Å². The summed E-state index contributed by atoms with van der Waals surface area (Å²) < 4.78 is 8.93. The van der Waals surface area contributed by atoms with Gasteiger partial charge in [0.25, 0.3) is 0 Å². The Hall–Kier alpha value is -0.268. The van der Waals surface area contributed by atoms with E-state index in [-0.39, 0.29) is 40.5 Å². The first-order chi connectivity index (χ1) is 5.20. The number of hydrogen-bond donors (Lipinski definition) is 0. The number of rotatable bonds is 4. The summed E-state index contributed by atoms with van der Waals surface area (Å²) in [7, 11) is 0. The van der Waals surface area contributed by atoms with Gasteiger partial charge in [0.1, 0.15) is 0 Å². The maximum Gasteiger partial charge on any atom is 1.00 e. The van der Waals surface area contributed by atoms with Crippen LogP contribution < -0.4 is 5.11 Å². The molecule has 0 saturated carbocycles. The molecule has 5 heteroatoms. The summed E-state index contributed by atoms with van der Waals surface area (Å²) in [5, 5.41) is 10.5. The Morgan fingerprint density at radius 2 is 1.83 bits per heavy atom. The van der Waals surface area contributed by atoms with Crippen LogP contribution in [0.1, 0.15) is 13.8 Å². The van der Waals surface area contributed by atoms with Gasteiger partial charge in [-0.25, -0.2) is 4.79 Å².